The Kier molecular flexibility index (Phi) is 5.30. The van der Waals surface area contributed by atoms with E-state index in [1.54, 1.807) is 43.3 Å². The van der Waals surface area contributed by atoms with Crippen LogP contribution in [0.1, 0.15) is 12.5 Å². The first-order valence-electron chi connectivity index (χ1n) is 6.90. The SMILES string of the molecule is CC(=Cc1cc(F)c(Oc2ccccc2)c(F)c1)CN=C(N)N. The van der Waals surface area contributed by atoms with Crippen molar-refractivity contribution in [3.63, 3.8) is 0 Å². The lowest BCUT2D eigenvalue weighted by Crippen LogP contribution is -2.23. The molecule has 2 rings (SSSR count). The highest BCUT2D eigenvalue weighted by Crippen LogP contribution is 2.29. The van der Waals surface area contributed by atoms with Crippen molar-refractivity contribution in [3.8, 4) is 11.5 Å². The van der Waals surface area contributed by atoms with E-state index in [0.29, 0.717) is 11.3 Å². The van der Waals surface area contributed by atoms with E-state index in [1.165, 1.54) is 12.1 Å². The number of rotatable bonds is 5. The fourth-order valence-corrected chi connectivity index (χ4v) is 1.91. The summed E-state index contributed by atoms with van der Waals surface area (Å²) in [5, 5.41) is 0. The second kappa shape index (κ2) is 7.40. The van der Waals surface area contributed by atoms with Gasteiger partial charge in [-0.25, -0.2) is 13.8 Å². The van der Waals surface area contributed by atoms with Crippen LogP contribution in [0.25, 0.3) is 6.08 Å². The molecule has 120 valence electrons. The Balaban J connectivity index is 2.23. The zero-order valence-electron chi connectivity index (χ0n) is 12.6. The summed E-state index contributed by atoms with van der Waals surface area (Å²) < 4.78 is 33.5. The van der Waals surface area contributed by atoms with Crippen molar-refractivity contribution in [2.45, 2.75) is 6.92 Å². The second-order valence-corrected chi connectivity index (χ2v) is 4.96. The average Bonchev–Trinajstić information content (AvgIpc) is 2.50. The molecule has 0 atom stereocenters. The molecule has 2 aromatic carbocycles. The predicted molar refractivity (Wildman–Crippen MR) is 87.2 cm³/mol. The van der Waals surface area contributed by atoms with E-state index in [1.807, 2.05) is 0 Å². The summed E-state index contributed by atoms with van der Waals surface area (Å²) in [6.07, 6.45) is 1.60. The highest BCUT2D eigenvalue weighted by molar-refractivity contribution is 5.76. The molecule has 0 saturated heterocycles. The first-order chi connectivity index (χ1) is 11.0. The first-order valence-corrected chi connectivity index (χ1v) is 6.90. The Morgan fingerprint density at radius 1 is 1.13 bits per heavy atom. The summed E-state index contributed by atoms with van der Waals surface area (Å²) in [5.74, 6) is -1.68. The van der Waals surface area contributed by atoms with Gasteiger partial charge in [-0.1, -0.05) is 29.8 Å². The molecular formula is C17H17F2N3O. The van der Waals surface area contributed by atoms with Gasteiger partial charge in [-0.3, -0.25) is 0 Å². The number of nitrogens with two attached hydrogens (primary N) is 2. The molecule has 23 heavy (non-hydrogen) atoms. The van der Waals surface area contributed by atoms with Crippen LogP contribution in [0.2, 0.25) is 0 Å². The molecule has 0 spiro atoms. The fourth-order valence-electron chi connectivity index (χ4n) is 1.91. The molecule has 2 aromatic rings. The van der Waals surface area contributed by atoms with Gasteiger partial charge in [0.05, 0.1) is 6.54 Å². The molecule has 0 amide bonds. The number of aliphatic imine (C=N–C) groups is 1. The molecule has 0 saturated carbocycles. The van der Waals surface area contributed by atoms with Gasteiger partial charge in [-0.15, -0.1) is 0 Å². The molecular weight excluding hydrogens is 300 g/mol. The molecule has 6 heteroatoms. The predicted octanol–water partition coefficient (Wildman–Crippen LogP) is 3.43. The third-order valence-corrected chi connectivity index (χ3v) is 2.91. The van der Waals surface area contributed by atoms with Gasteiger partial charge in [-0.2, -0.15) is 0 Å². The van der Waals surface area contributed by atoms with E-state index in [9.17, 15) is 8.78 Å². The Morgan fingerprint density at radius 3 is 2.30 bits per heavy atom. The van der Waals surface area contributed by atoms with Gasteiger partial charge in [0.1, 0.15) is 5.75 Å². The van der Waals surface area contributed by atoms with E-state index in [-0.39, 0.29) is 12.5 Å². The number of hydrogen-bond donors (Lipinski definition) is 2. The van der Waals surface area contributed by atoms with E-state index in [4.69, 9.17) is 16.2 Å². The highest BCUT2D eigenvalue weighted by Gasteiger charge is 2.13. The molecule has 0 aliphatic rings. The number of nitrogens with zero attached hydrogens (tertiary/aromatic N) is 1. The molecule has 0 bridgehead atoms. The van der Waals surface area contributed by atoms with Gasteiger partial charge in [0, 0.05) is 0 Å². The van der Waals surface area contributed by atoms with Gasteiger partial charge in [-0.05, 0) is 36.8 Å². The molecule has 0 heterocycles. The molecule has 0 aromatic heterocycles. The summed E-state index contributed by atoms with van der Waals surface area (Å²) in [5.41, 5.74) is 11.6. The molecule has 0 unspecified atom stereocenters. The van der Waals surface area contributed by atoms with Crippen molar-refractivity contribution < 1.29 is 13.5 Å². The lowest BCUT2D eigenvalue weighted by atomic mass is 10.1. The summed E-state index contributed by atoms with van der Waals surface area (Å²) in [6.45, 7) is 2.02. The topological polar surface area (TPSA) is 73.6 Å². The van der Waals surface area contributed by atoms with E-state index in [2.05, 4.69) is 4.99 Å². The van der Waals surface area contributed by atoms with E-state index in [0.717, 1.165) is 5.57 Å². The van der Waals surface area contributed by atoms with Gasteiger partial charge in [0.25, 0.3) is 0 Å². The van der Waals surface area contributed by atoms with Crippen LogP contribution in [0, 0.1) is 11.6 Å². The van der Waals surface area contributed by atoms with Crippen LogP contribution in [0.4, 0.5) is 8.78 Å². The zero-order valence-corrected chi connectivity index (χ0v) is 12.6. The highest BCUT2D eigenvalue weighted by atomic mass is 19.1. The quantitative estimate of drug-likeness (QED) is 0.655. The van der Waals surface area contributed by atoms with Crippen molar-refractivity contribution in [3.05, 3.63) is 65.2 Å². The number of ether oxygens (including phenoxy) is 1. The van der Waals surface area contributed by atoms with E-state index >= 15 is 0 Å². The van der Waals surface area contributed by atoms with Crippen LogP contribution < -0.4 is 16.2 Å². The minimum atomic E-state index is -0.783. The molecule has 4 N–H and O–H groups in total. The molecule has 4 nitrogen and oxygen atoms in total. The molecule has 0 radical (unpaired) electrons. The van der Waals surface area contributed by atoms with Crippen molar-refractivity contribution in [2.75, 3.05) is 6.54 Å². The molecule has 0 fully saturated rings. The number of para-hydroxylation sites is 1. The van der Waals surface area contributed by atoms with Gasteiger partial charge >= 0.3 is 0 Å². The average molecular weight is 317 g/mol. The smallest absolute Gasteiger partial charge is 0.198 e. The maximum absolute atomic E-state index is 14.1. The van der Waals surface area contributed by atoms with Crippen LogP contribution >= 0.6 is 0 Å². The Hall–Kier alpha value is -2.89. The van der Waals surface area contributed by atoms with Crippen LogP contribution in [0.15, 0.2) is 53.0 Å². The number of hydrogen-bond acceptors (Lipinski definition) is 2. The molecule has 0 aliphatic carbocycles. The standard InChI is InChI=1S/C17H17F2N3O/c1-11(10-22-17(20)21)7-12-8-14(18)16(15(19)9-12)23-13-5-3-2-4-6-13/h2-9H,10H2,1H3,(H4,20,21,22). The maximum atomic E-state index is 14.1. The Morgan fingerprint density at radius 2 is 1.74 bits per heavy atom. The van der Waals surface area contributed by atoms with Crippen molar-refractivity contribution >= 4 is 12.0 Å². The summed E-state index contributed by atoms with van der Waals surface area (Å²) in [6, 6.07) is 10.8. The van der Waals surface area contributed by atoms with Crippen LogP contribution in [0.3, 0.4) is 0 Å². The first kappa shape index (κ1) is 16.5. The largest absolute Gasteiger partial charge is 0.451 e. The van der Waals surface area contributed by atoms with Crippen LogP contribution in [-0.4, -0.2) is 12.5 Å². The Bertz CT molecular complexity index is 716. The van der Waals surface area contributed by atoms with Crippen molar-refractivity contribution in [1.82, 2.24) is 0 Å². The number of halogens is 2. The van der Waals surface area contributed by atoms with Crippen molar-refractivity contribution in [1.29, 1.82) is 0 Å². The van der Waals surface area contributed by atoms with Gasteiger partial charge in [0.2, 0.25) is 0 Å². The minimum Gasteiger partial charge on any atom is -0.451 e. The monoisotopic (exact) mass is 317 g/mol. The fraction of sp³-hybridized carbons (Fsp3) is 0.118. The normalized spacial score (nSPS) is 11.2. The van der Waals surface area contributed by atoms with Gasteiger partial charge in [0.15, 0.2) is 23.3 Å². The van der Waals surface area contributed by atoms with Crippen molar-refractivity contribution in [2.24, 2.45) is 16.5 Å². The molecule has 0 aliphatic heterocycles. The lowest BCUT2D eigenvalue weighted by Gasteiger charge is -2.09. The number of guanidine groups is 1. The van der Waals surface area contributed by atoms with E-state index < -0.39 is 17.4 Å². The third-order valence-electron chi connectivity index (χ3n) is 2.91. The zero-order chi connectivity index (χ0) is 16.8. The second-order valence-electron chi connectivity index (χ2n) is 4.96. The number of benzene rings is 2. The summed E-state index contributed by atoms with van der Waals surface area (Å²) >= 11 is 0. The summed E-state index contributed by atoms with van der Waals surface area (Å²) in [7, 11) is 0. The Labute approximate surface area is 133 Å². The summed E-state index contributed by atoms with van der Waals surface area (Å²) in [4.78, 5) is 3.83. The lowest BCUT2D eigenvalue weighted by molar-refractivity contribution is 0.407. The third kappa shape index (κ3) is 4.81. The van der Waals surface area contributed by atoms with Gasteiger partial charge < -0.3 is 16.2 Å². The minimum absolute atomic E-state index is 0.0401. The van der Waals surface area contributed by atoms with Crippen LogP contribution in [-0.2, 0) is 0 Å². The maximum Gasteiger partial charge on any atom is 0.198 e. The van der Waals surface area contributed by atoms with Crippen LogP contribution in [0.5, 0.6) is 11.5 Å².